The molecule has 1 N–H and O–H groups in total. The lowest BCUT2D eigenvalue weighted by atomic mass is 9.86. The molecule has 0 aliphatic rings. The molecule has 0 bridgehead atoms. The number of halogens is 1. The Morgan fingerprint density at radius 2 is 1.75 bits per heavy atom. The summed E-state index contributed by atoms with van der Waals surface area (Å²) in [5, 5.41) is 8.30. The van der Waals surface area contributed by atoms with Crippen LogP contribution in [0.25, 0.3) is 0 Å². The number of aromatic nitrogens is 2. The van der Waals surface area contributed by atoms with Gasteiger partial charge < -0.3 is 5.32 Å². The molecule has 0 radical (unpaired) electrons. The zero-order valence-corrected chi connectivity index (χ0v) is 15.7. The van der Waals surface area contributed by atoms with Gasteiger partial charge in [0.15, 0.2) is 0 Å². The van der Waals surface area contributed by atoms with Gasteiger partial charge in [-0.1, -0.05) is 20.8 Å². The molecule has 116 valence electrons. The standard InChI is InChI=1S/C16H30BrN3/c1-8-12-14(17)13(20(9-2)19-12)10-16(6,7)11-18-15(3,4)5/h18H,8-11H2,1-7H3. The zero-order chi connectivity index (χ0) is 15.6. The summed E-state index contributed by atoms with van der Waals surface area (Å²) in [5.41, 5.74) is 2.86. The molecule has 0 fully saturated rings. The van der Waals surface area contributed by atoms with Gasteiger partial charge in [0.05, 0.1) is 15.9 Å². The SMILES string of the molecule is CCc1nn(CC)c(CC(C)(C)CNC(C)(C)C)c1Br. The van der Waals surface area contributed by atoms with E-state index in [-0.39, 0.29) is 11.0 Å². The fourth-order valence-electron chi connectivity index (χ4n) is 2.21. The van der Waals surface area contributed by atoms with Crippen molar-refractivity contribution in [3.63, 3.8) is 0 Å². The molecule has 1 rings (SSSR count). The van der Waals surface area contributed by atoms with E-state index in [1.807, 2.05) is 0 Å². The molecule has 0 aromatic carbocycles. The van der Waals surface area contributed by atoms with Gasteiger partial charge in [-0.25, -0.2) is 0 Å². The second-order valence-corrected chi connectivity index (χ2v) is 8.11. The summed E-state index contributed by atoms with van der Waals surface area (Å²) in [6.45, 7) is 17.5. The van der Waals surface area contributed by atoms with Crippen molar-refractivity contribution < 1.29 is 0 Å². The van der Waals surface area contributed by atoms with Crippen molar-refractivity contribution in [3.05, 3.63) is 15.9 Å². The molecule has 1 heterocycles. The van der Waals surface area contributed by atoms with E-state index in [1.54, 1.807) is 0 Å². The first-order valence-corrected chi connectivity index (χ1v) is 8.38. The molecule has 0 amide bonds. The van der Waals surface area contributed by atoms with Gasteiger partial charge >= 0.3 is 0 Å². The highest BCUT2D eigenvalue weighted by atomic mass is 79.9. The van der Waals surface area contributed by atoms with Crippen LogP contribution in [0.4, 0.5) is 0 Å². The van der Waals surface area contributed by atoms with Crippen LogP contribution in [0.3, 0.4) is 0 Å². The fraction of sp³-hybridized carbons (Fsp3) is 0.812. The van der Waals surface area contributed by atoms with E-state index in [1.165, 1.54) is 15.9 Å². The summed E-state index contributed by atoms with van der Waals surface area (Å²) >= 11 is 3.74. The maximum atomic E-state index is 4.69. The highest BCUT2D eigenvalue weighted by molar-refractivity contribution is 9.10. The average Bonchev–Trinajstić information content (AvgIpc) is 2.63. The monoisotopic (exact) mass is 343 g/mol. The van der Waals surface area contributed by atoms with Crippen LogP contribution in [0.5, 0.6) is 0 Å². The van der Waals surface area contributed by atoms with E-state index >= 15 is 0 Å². The van der Waals surface area contributed by atoms with Crippen molar-refractivity contribution >= 4 is 15.9 Å². The lowest BCUT2D eigenvalue weighted by molar-refractivity contribution is 0.283. The van der Waals surface area contributed by atoms with Gasteiger partial charge in [0.2, 0.25) is 0 Å². The summed E-state index contributed by atoms with van der Waals surface area (Å²) in [7, 11) is 0. The van der Waals surface area contributed by atoms with Crippen LogP contribution >= 0.6 is 15.9 Å². The van der Waals surface area contributed by atoms with Gasteiger partial charge in [0, 0.05) is 18.6 Å². The van der Waals surface area contributed by atoms with Crippen LogP contribution in [0.2, 0.25) is 0 Å². The predicted molar refractivity (Wildman–Crippen MR) is 90.2 cm³/mol. The van der Waals surface area contributed by atoms with Gasteiger partial charge in [0.25, 0.3) is 0 Å². The first-order chi connectivity index (χ1) is 9.09. The van der Waals surface area contributed by atoms with Crippen molar-refractivity contribution in [1.29, 1.82) is 0 Å². The Kier molecular flexibility index (Phi) is 5.85. The predicted octanol–water partition coefficient (Wildman–Crippen LogP) is 4.18. The lowest BCUT2D eigenvalue weighted by Crippen LogP contribution is -2.42. The summed E-state index contributed by atoms with van der Waals surface area (Å²) in [4.78, 5) is 0. The highest BCUT2D eigenvalue weighted by Gasteiger charge is 2.25. The smallest absolute Gasteiger partial charge is 0.0766 e. The lowest BCUT2D eigenvalue weighted by Gasteiger charge is -2.30. The number of rotatable bonds is 6. The average molecular weight is 344 g/mol. The maximum Gasteiger partial charge on any atom is 0.0766 e. The minimum Gasteiger partial charge on any atom is -0.312 e. The summed E-state index contributed by atoms with van der Waals surface area (Å²) in [6.07, 6.45) is 2.00. The summed E-state index contributed by atoms with van der Waals surface area (Å²) in [5.74, 6) is 0. The summed E-state index contributed by atoms with van der Waals surface area (Å²) < 4.78 is 3.34. The Bertz CT molecular complexity index is 441. The molecule has 0 atom stereocenters. The number of nitrogens with zero attached hydrogens (tertiary/aromatic N) is 2. The molecule has 0 saturated heterocycles. The van der Waals surface area contributed by atoms with Crippen molar-refractivity contribution in [3.8, 4) is 0 Å². The van der Waals surface area contributed by atoms with Gasteiger partial charge in [-0.15, -0.1) is 0 Å². The van der Waals surface area contributed by atoms with Crippen LogP contribution in [-0.4, -0.2) is 21.9 Å². The molecule has 3 nitrogen and oxygen atoms in total. The number of hydrogen-bond acceptors (Lipinski definition) is 2. The van der Waals surface area contributed by atoms with E-state index in [0.29, 0.717) is 0 Å². The van der Waals surface area contributed by atoms with Crippen LogP contribution < -0.4 is 5.32 Å². The Morgan fingerprint density at radius 1 is 1.15 bits per heavy atom. The van der Waals surface area contributed by atoms with Gasteiger partial charge in [-0.2, -0.15) is 5.10 Å². The Labute approximate surface area is 132 Å². The van der Waals surface area contributed by atoms with Gasteiger partial charge in [0.1, 0.15) is 0 Å². The van der Waals surface area contributed by atoms with Gasteiger partial charge in [-0.05, 0) is 61.9 Å². The third-order valence-electron chi connectivity index (χ3n) is 3.44. The largest absolute Gasteiger partial charge is 0.312 e. The van der Waals surface area contributed by atoms with Crippen LogP contribution in [0.1, 0.15) is 59.9 Å². The zero-order valence-electron chi connectivity index (χ0n) is 14.1. The molecule has 0 saturated carbocycles. The van der Waals surface area contributed by atoms with E-state index in [4.69, 9.17) is 0 Å². The van der Waals surface area contributed by atoms with E-state index in [9.17, 15) is 0 Å². The molecule has 0 unspecified atom stereocenters. The third-order valence-corrected chi connectivity index (χ3v) is 4.35. The fourth-order valence-corrected chi connectivity index (χ4v) is 2.91. The third kappa shape index (κ3) is 4.88. The number of hydrogen-bond donors (Lipinski definition) is 1. The molecular weight excluding hydrogens is 314 g/mol. The second kappa shape index (κ2) is 6.61. The van der Waals surface area contributed by atoms with Crippen molar-refractivity contribution in [1.82, 2.24) is 15.1 Å². The first-order valence-electron chi connectivity index (χ1n) is 7.58. The maximum absolute atomic E-state index is 4.69. The molecule has 4 heteroatoms. The van der Waals surface area contributed by atoms with Crippen molar-refractivity contribution in [2.75, 3.05) is 6.54 Å². The van der Waals surface area contributed by atoms with Crippen LogP contribution in [0.15, 0.2) is 4.47 Å². The quantitative estimate of drug-likeness (QED) is 0.839. The molecule has 0 aliphatic heterocycles. The molecular formula is C16H30BrN3. The van der Waals surface area contributed by atoms with Crippen LogP contribution in [-0.2, 0) is 19.4 Å². The molecule has 20 heavy (non-hydrogen) atoms. The Balaban J connectivity index is 2.88. The Hall–Kier alpha value is -0.350. The molecule has 0 aliphatic carbocycles. The highest BCUT2D eigenvalue weighted by Crippen LogP contribution is 2.29. The van der Waals surface area contributed by atoms with Crippen molar-refractivity contribution in [2.24, 2.45) is 5.41 Å². The van der Waals surface area contributed by atoms with E-state index in [0.717, 1.165) is 25.9 Å². The first kappa shape index (κ1) is 17.7. The molecule has 0 spiro atoms. The summed E-state index contributed by atoms with van der Waals surface area (Å²) in [6, 6.07) is 0. The minimum atomic E-state index is 0.161. The van der Waals surface area contributed by atoms with E-state index < -0.39 is 0 Å². The molecule has 1 aromatic rings. The van der Waals surface area contributed by atoms with Crippen molar-refractivity contribution in [2.45, 2.75) is 73.4 Å². The Morgan fingerprint density at radius 3 is 2.20 bits per heavy atom. The van der Waals surface area contributed by atoms with Crippen LogP contribution in [0, 0.1) is 5.41 Å². The minimum absolute atomic E-state index is 0.161. The van der Waals surface area contributed by atoms with Gasteiger partial charge in [-0.3, -0.25) is 4.68 Å². The van der Waals surface area contributed by atoms with E-state index in [2.05, 4.69) is 79.5 Å². The normalized spacial score (nSPS) is 13.0. The number of aryl methyl sites for hydroxylation is 2. The topological polar surface area (TPSA) is 29.9 Å². The second-order valence-electron chi connectivity index (χ2n) is 7.32. The molecule has 1 aromatic heterocycles. The number of nitrogens with one attached hydrogen (secondary N) is 1.